The van der Waals surface area contributed by atoms with Crippen molar-refractivity contribution in [2.75, 3.05) is 13.7 Å². The molecule has 0 unspecified atom stereocenters. The lowest BCUT2D eigenvalue weighted by atomic mass is 10.1. The third-order valence-electron chi connectivity index (χ3n) is 5.86. The lowest BCUT2D eigenvalue weighted by Crippen LogP contribution is -2.53. The van der Waals surface area contributed by atoms with E-state index < -0.39 is 17.8 Å². The number of rotatable bonds is 8. The van der Waals surface area contributed by atoms with Gasteiger partial charge in [0.1, 0.15) is 29.4 Å². The van der Waals surface area contributed by atoms with Crippen molar-refractivity contribution in [2.45, 2.75) is 13.1 Å². The third kappa shape index (κ3) is 4.58. The molecule has 0 spiro atoms. The monoisotopic (exact) mass is 485 g/mol. The molecule has 1 saturated heterocycles. The van der Waals surface area contributed by atoms with Gasteiger partial charge in [0.25, 0.3) is 11.8 Å². The maximum absolute atomic E-state index is 13.1. The van der Waals surface area contributed by atoms with Crippen molar-refractivity contribution in [3.05, 3.63) is 90.0 Å². The number of nitrogens with zero attached hydrogens (tertiary/aromatic N) is 2. The Morgan fingerprint density at radius 1 is 0.972 bits per heavy atom. The van der Waals surface area contributed by atoms with Crippen LogP contribution in [0.1, 0.15) is 11.3 Å². The van der Waals surface area contributed by atoms with Gasteiger partial charge in [0.2, 0.25) is 0 Å². The minimum absolute atomic E-state index is 0.0766. The van der Waals surface area contributed by atoms with Crippen molar-refractivity contribution in [3.8, 4) is 11.5 Å². The first-order valence-electron chi connectivity index (χ1n) is 11.3. The standard InChI is InChI=1S/C27H23N3O6/c1-34-19-8-10-20(11-9-19)36-14-12-29-16-18(22-6-2-3-7-24(22)29)15-23-25(31)28-27(33)30(26(23)32)17-21-5-4-13-35-21/h2-11,13,15-16H,12,14,17H2,1H3,(H,28,31,33)/b23-15-. The Bertz CT molecular complexity index is 1450. The number of fused-ring (bicyclic) bond motifs is 1. The van der Waals surface area contributed by atoms with Gasteiger partial charge in [0.05, 0.1) is 26.5 Å². The van der Waals surface area contributed by atoms with E-state index in [0.29, 0.717) is 24.5 Å². The fourth-order valence-corrected chi connectivity index (χ4v) is 4.06. The van der Waals surface area contributed by atoms with Crippen LogP contribution in [0.3, 0.4) is 0 Å². The maximum Gasteiger partial charge on any atom is 0.331 e. The SMILES string of the molecule is COc1ccc(OCCn2cc(/C=C3/C(=O)NC(=O)N(Cc4ccco4)C3=O)c3ccccc32)cc1. The van der Waals surface area contributed by atoms with Crippen molar-refractivity contribution >= 4 is 34.8 Å². The van der Waals surface area contributed by atoms with E-state index >= 15 is 0 Å². The van der Waals surface area contributed by atoms with Crippen LogP contribution >= 0.6 is 0 Å². The summed E-state index contributed by atoms with van der Waals surface area (Å²) < 4.78 is 18.3. The molecule has 0 atom stereocenters. The second kappa shape index (κ2) is 9.83. The molecule has 4 aromatic rings. The minimum atomic E-state index is -0.781. The molecule has 4 amide bonds. The Morgan fingerprint density at radius 3 is 2.50 bits per heavy atom. The first-order valence-corrected chi connectivity index (χ1v) is 11.3. The molecule has 9 nitrogen and oxygen atoms in total. The zero-order chi connectivity index (χ0) is 25.1. The molecule has 36 heavy (non-hydrogen) atoms. The number of aromatic nitrogens is 1. The number of para-hydroxylation sites is 1. The van der Waals surface area contributed by atoms with E-state index in [4.69, 9.17) is 13.9 Å². The van der Waals surface area contributed by atoms with E-state index in [1.165, 1.54) is 12.3 Å². The summed E-state index contributed by atoms with van der Waals surface area (Å²) in [5.74, 6) is 0.489. The van der Waals surface area contributed by atoms with Crippen LogP contribution in [0.5, 0.6) is 11.5 Å². The Morgan fingerprint density at radius 2 is 1.75 bits per heavy atom. The van der Waals surface area contributed by atoms with E-state index in [9.17, 15) is 14.4 Å². The topological polar surface area (TPSA) is 103 Å². The first kappa shape index (κ1) is 23.0. The van der Waals surface area contributed by atoms with Gasteiger partial charge in [-0.15, -0.1) is 0 Å². The fourth-order valence-electron chi connectivity index (χ4n) is 4.06. The summed E-state index contributed by atoms with van der Waals surface area (Å²) in [6, 6.07) is 17.6. The van der Waals surface area contributed by atoms with Crippen molar-refractivity contribution in [3.63, 3.8) is 0 Å². The molecule has 0 saturated carbocycles. The van der Waals surface area contributed by atoms with Crippen LogP contribution in [0.25, 0.3) is 17.0 Å². The Kier molecular flexibility index (Phi) is 6.27. The fraction of sp³-hybridized carbons (Fsp3) is 0.148. The Balaban J connectivity index is 1.39. The molecule has 0 radical (unpaired) electrons. The molecular formula is C27H23N3O6. The summed E-state index contributed by atoms with van der Waals surface area (Å²) in [5.41, 5.74) is 1.48. The zero-order valence-corrected chi connectivity index (χ0v) is 19.5. The lowest BCUT2D eigenvalue weighted by Gasteiger charge is -2.25. The maximum atomic E-state index is 13.1. The molecule has 3 heterocycles. The average molecular weight is 485 g/mol. The molecular weight excluding hydrogens is 462 g/mol. The number of urea groups is 1. The van der Waals surface area contributed by atoms with Crippen molar-refractivity contribution < 1.29 is 28.3 Å². The van der Waals surface area contributed by atoms with Gasteiger partial charge in [-0.3, -0.25) is 19.8 Å². The number of carbonyl (C=O) groups excluding carboxylic acids is 3. The number of hydrogen-bond donors (Lipinski definition) is 1. The number of imide groups is 2. The summed E-state index contributed by atoms with van der Waals surface area (Å²) in [7, 11) is 1.61. The number of carbonyl (C=O) groups is 3. The first-order chi connectivity index (χ1) is 17.5. The zero-order valence-electron chi connectivity index (χ0n) is 19.5. The van der Waals surface area contributed by atoms with Crippen LogP contribution in [-0.4, -0.2) is 41.0 Å². The van der Waals surface area contributed by atoms with Gasteiger partial charge in [-0.2, -0.15) is 0 Å². The number of nitrogens with one attached hydrogen (secondary N) is 1. The molecule has 0 bridgehead atoms. The Hall–Kier alpha value is -4.79. The second-order valence-corrected chi connectivity index (χ2v) is 8.11. The molecule has 1 fully saturated rings. The van der Waals surface area contributed by atoms with Crippen molar-refractivity contribution in [1.82, 2.24) is 14.8 Å². The number of amides is 4. The summed E-state index contributed by atoms with van der Waals surface area (Å²) >= 11 is 0. The largest absolute Gasteiger partial charge is 0.497 e. The minimum Gasteiger partial charge on any atom is -0.497 e. The summed E-state index contributed by atoms with van der Waals surface area (Å²) in [4.78, 5) is 38.9. The highest BCUT2D eigenvalue weighted by molar-refractivity contribution is 6.31. The highest BCUT2D eigenvalue weighted by Gasteiger charge is 2.36. The molecule has 5 rings (SSSR count). The van der Waals surface area contributed by atoms with E-state index in [-0.39, 0.29) is 12.1 Å². The van der Waals surface area contributed by atoms with Gasteiger partial charge in [0.15, 0.2) is 0 Å². The van der Waals surface area contributed by atoms with Gasteiger partial charge in [0, 0.05) is 22.7 Å². The quantitative estimate of drug-likeness (QED) is 0.299. The number of ether oxygens (including phenoxy) is 2. The summed E-state index contributed by atoms with van der Waals surface area (Å²) in [6.45, 7) is 0.873. The predicted molar refractivity (Wildman–Crippen MR) is 131 cm³/mol. The van der Waals surface area contributed by atoms with Gasteiger partial charge in [-0.1, -0.05) is 18.2 Å². The van der Waals surface area contributed by atoms with Gasteiger partial charge < -0.3 is 18.5 Å². The van der Waals surface area contributed by atoms with Crippen LogP contribution in [0.2, 0.25) is 0 Å². The molecule has 1 N–H and O–H groups in total. The molecule has 1 aliphatic rings. The molecule has 0 aliphatic carbocycles. The predicted octanol–water partition coefficient (Wildman–Crippen LogP) is 3.98. The third-order valence-corrected chi connectivity index (χ3v) is 5.86. The van der Waals surface area contributed by atoms with E-state index in [1.54, 1.807) is 19.2 Å². The Labute approximate surface area is 206 Å². The molecule has 2 aromatic heterocycles. The highest BCUT2D eigenvalue weighted by atomic mass is 16.5. The van der Waals surface area contributed by atoms with Crippen LogP contribution in [0.4, 0.5) is 4.79 Å². The number of methoxy groups -OCH3 is 1. The molecule has 9 heteroatoms. The number of benzene rings is 2. The smallest absolute Gasteiger partial charge is 0.331 e. The number of furan rings is 1. The number of hydrogen-bond acceptors (Lipinski definition) is 6. The molecule has 1 aliphatic heterocycles. The van der Waals surface area contributed by atoms with E-state index in [1.807, 2.05) is 59.3 Å². The van der Waals surface area contributed by atoms with Crippen LogP contribution in [-0.2, 0) is 22.7 Å². The van der Waals surface area contributed by atoms with Crippen LogP contribution in [0, 0.1) is 0 Å². The van der Waals surface area contributed by atoms with Crippen molar-refractivity contribution in [1.29, 1.82) is 0 Å². The lowest BCUT2D eigenvalue weighted by molar-refractivity contribution is -0.130. The summed E-state index contributed by atoms with van der Waals surface area (Å²) in [6.07, 6.45) is 4.84. The van der Waals surface area contributed by atoms with Crippen LogP contribution < -0.4 is 14.8 Å². The normalized spacial score (nSPS) is 15.0. The summed E-state index contributed by atoms with van der Waals surface area (Å²) in [5, 5.41) is 3.10. The second-order valence-electron chi connectivity index (χ2n) is 8.11. The number of barbiturate groups is 1. The molecule has 182 valence electrons. The molecule has 2 aromatic carbocycles. The van der Waals surface area contributed by atoms with Gasteiger partial charge >= 0.3 is 6.03 Å². The van der Waals surface area contributed by atoms with E-state index in [2.05, 4.69) is 5.32 Å². The average Bonchev–Trinajstić information content (AvgIpc) is 3.53. The van der Waals surface area contributed by atoms with Gasteiger partial charge in [-0.05, 0) is 48.5 Å². The van der Waals surface area contributed by atoms with Gasteiger partial charge in [-0.25, -0.2) is 4.79 Å². The van der Waals surface area contributed by atoms with Crippen LogP contribution in [0.15, 0.2) is 83.1 Å². The highest BCUT2D eigenvalue weighted by Crippen LogP contribution is 2.26. The van der Waals surface area contributed by atoms with E-state index in [0.717, 1.165) is 27.3 Å². The van der Waals surface area contributed by atoms with Crippen molar-refractivity contribution in [2.24, 2.45) is 0 Å².